The van der Waals surface area contributed by atoms with Crippen LogP contribution in [-0.2, 0) is 10.0 Å². The molecule has 0 aliphatic carbocycles. The van der Waals surface area contributed by atoms with E-state index >= 15 is 0 Å². The van der Waals surface area contributed by atoms with Crippen LogP contribution in [0.1, 0.15) is 26.2 Å². The Bertz CT molecular complexity index is 818. The molecule has 2 heterocycles. The number of piperidine rings is 1. The quantitative estimate of drug-likeness (QED) is 0.525. The average molecular weight is 426 g/mol. The second-order valence-corrected chi connectivity index (χ2v) is 9.91. The van der Waals surface area contributed by atoms with Gasteiger partial charge in [-0.15, -0.1) is 0 Å². The zero-order valence-corrected chi connectivity index (χ0v) is 18.0. The summed E-state index contributed by atoms with van der Waals surface area (Å²) < 4.78 is 27.1. The van der Waals surface area contributed by atoms with Crippen molar-refractivity contribution in [2.45, 2.75) is 37.1 Å². The molecule has 10 heteroatoms. The third kappa shape index (κ3) is 5.25. The van der Waals surface area contributed by atoms with Crippen LogP contribution in [0.25, 0.3) is 0 Å². The first kappa shape index (κ1) is 21.9. The van der Waals surface area contributed by atoms with E-state index in [4.69, 9.17) is 0 Å². The zero-order chi connectivity index (χ0) is 21.0. The Balaban J connectivity index is 1.72. The van der Waals surface area contributed by atoms with E-state index in [1.807, 2.05) is 0 Å². The van der Waals surface area contributed by atoms with Crippen LogP contribution < -0.4 is 5.32 Å². The maximum absolute atomic E-state index is 12.8. The lowest BCUT2D eigenvalue weighted by molar-refractivity contribution is -0.384. The second-order valence-electron chi connectivity index (χ2n) is 7.97. The Morgan fingerprint density at radius 2 is 1.76 bits per heavy atom. The number of benzene rings is 1. The minimum absolute atomic E-state index is 0.0104. The summed E-state index contributed by atoms with van der Waals surface area (Å²) >= 11 is 0. The van der Waals surface area contributed by atoms with Gasteiger partial charge in [0.25, 0.3) is 5.69 Å². The monoisotopic (exact) mass is 425 g/mol. The van der Waals surface area contributed by atoms with Gasteiger partial charge in [-0.2, -0.15) is 4.31 Å². The fourth-order valence-electron chi connectivity index (χ4n) is 3.88. The highest BCUT2D eigenvalue weighted by atomic mass is 32.2. The van der Waals surface area contributed by atoms with Gasteiger partial charge in [-0.25, -0.2) is 8.42 Å². The van der Waals surface area contributed by atoms with E-state index < -0.39 is 14.9 Å². The largest absolute Gasteiger partial charge is 0.378 e. The standard InChI is InChI=1S/C19H31N5O4S/c1-16(22-12-10-21(2)11-13-22)15-20-18-7-6-17(14-19(18)24(25)26)29(27,28)23-8-4-3-5-9-23/h6-7,14,16,20H,3-5,8-13,15H2,1-2H3. The van der Waals surface area contributed by atoms with Crippen molar-refractivity contribution in [3.8, 4) is 0 Å². The maximum atomic E-state index is 12.8. The first-order chi connectivity index (χ1) is 13.8. The number of nitro groups is 1. The van der Waals surface area contributed by atoms with Gasteiger partial charge in [0.15, 0.2) is 0 Å². The highest BCUT2D eigenvalue weighted by Gasteiger charge is 2.29. The first-order valence-electron chi connectivity index (χ1n) is 10.2. The van der Waals surface area contributed by atoms with Gasteiger partial charge in [-0.1, -0.05) is 6.42 Å². The van der Waals surface area contributed by atoms with Crippen LogP contribution in [0.15, 0.2) is 23.1 Å². The molecule has 0 saturated carbocycles. The summed E-state index contributed by atoms with van der Waals surface area (Å²) in [5.41, 5.74) is 0.155. The van der Waals surface area contributed by atoms with Gasteiger partial charge in [0.1, 0.15) is 5.69 Å². The summed E-state index contributed by atoms with van der Waals surface area (Å²) in [6.45, 7) is 7.55. The molecule has 0 amide bonds. The van der Waals surface area contributed by atoms with E-state index in [1.54, 1.807) is 0 Å². The molecule has 1 atom stereocenters. The van der Waals surface area contributed by atoms with Crippen LogP contribution >= 0.6 is 0 Å². The van der Waals surface area contributed by atoms with Crippen molar-refractivity contribution < 1.29 is 13.3 Å². The van der Waals surface area contributed by atoms with Crippen molar-refractivity contribution in [1.82, 2.24) is 14.1 Å². The molecule has 1 N–H and O–H groups in total. The lowest BCUT2D eigenvalue weighted by Crippen LogP contribution is -2.49. The molecule has 29 heavy (non-hydrogen) atoms. The van der Waals surface area contributed by atoms with Crippen molar-refractivity contribution in [2.24, 2.45) is 0 Å². The van der Waals surface area contributed by atoms with Gasteiger partial charge in [-0.3, -0.25) is 15.0 Å². The van der Waals surface area contributed by atoms with Crippen LogP contribution in [0, 0.1) is 10.1 Å². The van der Waals surface area contributed by atoms with Crippen LogP contribution in [0.3, 0.4) is 0 Å². The second kappa shape index (κ2) is 9.38. The average Bonchev–Trinajstić information content (AvgIpc) is 2.73. The number of likely N-dealkylation sites (N-methyl/N-ethyl adjacent to an activating group) is 1. The smallest absolute Gasteiger partial charge is 0.293 e. The number of rotatable bonds is 7. The Morgan fingerprint density at radius 1 is 1.10 bits per heavy atom. The summed E-state index contributed by atoms with van der Waals surface area (Å²) in [5.74, 6) is 0. The molecule has 2 saturated heterocycles. The van der Waals surface area contributed by atoms with E-state index in [1.165, 1.54) is 22.5 Å². The Labute approximate surface area is 172 Å². The Kier molecular flexibility index (Phi) is 7.10. The van der Waals surface area contributed by atoms with Crippen molar-refractivity contribution in [2.75, 3.05) is 58.2 Å². The van der Waals surface area contributed by atoms with Gasteiger partial charge in [-0.05, 0) is 38.9 Å². The van der Waals surface area contributed by atoms with Crippen LogP contribution in [-0.4, -0.2) is 86.3 Å². The zero-order valence-electron chi connectivity index (χ0n) is 17.2. The van der Waals surface area contributed by atoms with Crippen LogP contribution in [0.5, 0.6) is 0 Å². The number of nitrogens with zero attached hydrogens (tertiary/aromatic N) is 4. The molecule has 0 bridgehead atoms. The summed E-state index contributed by atoms with van der Waals surface area (Å²) in [6, 6.07) is 4.40. The molecule has 0 aromatic heterocycles. The number of piperazine rings is 1. The van der Waals surface area contributed by atoms with Crippen LogP contribution in [0.2, 0.25) is 0 Å². The van der Waals surface area contributed by atoms with Crippen molar-refractivity contribution in [3.63, 3.8) is 0 Å². The molecule has 0 radical (unpaired) electrons. The molecule has 1 aromatic carbocycles. The molecule has 9 nitrogen and oxygen atoms in total. The number of hydrogen-bond donors (Lipinski definition) is 1. The van der Waals surface area contributed by atoms with E-state index in [-0.39, 0.29) is 16.6 Å². The minimum atomic E-state index is -3.70. The third-order valence-corrected chi connectivity index (χ3v) is 7.76. The molecule has 1 unspecified atom stereocenters. The normalized spacial score (nSPS) is 21.0. The molecular weight excluding hydrogens is 394 g/mol. The van der Waals surface area contributed by atoms with Crippen LogP contribution in [0.4, 0.5) is 11.4 Å². The summed E-state index contributed by atoms with van der Waals surface area (Å²) in [4.78, 5) is 15.7. The molecular formula is C19H31N5O4S. The lowest BCUT2D eigenvalue weighted by Gasteiger charge is -2.36. The van der Waals surface area contributed by atoms with E-state index in [0.717, 1.165) is 45.4 Å². The number of hydrogen-bond acceptors (Lipinski definition) is 7. The topological polar surface area (TPSA) is 99.0 Å². The maximum Gasteiger partial charge on any atom is 0.293 e. The summed E-state index contributed by atoms with van der Waals surface area (Å²) in [5, 5.41) is 14.8. The fraction of sp³-hybridized carbons (Fsp3) is 0.684. The molecule has 162 valence electrons. The molecule has 3 rings (SSSR count). The molecule has 2 aliphatic heterocycles. The molecule has 1 aromatic rings. The van der Waals surface area contributed by atoms with Gasteiger partial charge >= 0.3 is 0 Å². The molecule has 0 spiro atoms. The Hall–Kier alpha value is -1.75. The van der Waals surface area contributed by atoms with Gasteiger partial charge < -0.3 is 10.2 Å². The van der Waals surface area contributed by atoms with Crippen molar-refractivity contribution in [3.05, 3.63) is 28.3 Å². The Morgan fingerprint density at radius 3 is 2.38 bits per heavy atom. The van der Waals surface area contributed by atoms with E-state index in [2.05, 4.69) is 29.1 Å². The fourth-order valence-corrected chi connectivity index (χ4v) is 5.41. The predicted octanol–water partition coefficient (Wildman–Crippen LogP) is 1.82. The van der Waals surface area contributed by atoms with Gasteiger partial charge in [0.05, 0.1) is 9.82 Å². The predicted molar refractivity (Wildman–Crippen MR) is 113 cm³/mol. The summed E-state index contributed by atoms with van der Waals surface area (Å²) in [6.07, 6.45) is 2.66. The third-order valence-electron chi connectivity index (χ3n) is 5.87. The first-order valence-corrected chi connectivity index (χ1v) is 11.7. The van der Waals surface area contributed by atoms with Gasteiger partial charge in [0, 0.05) is 57.9 Å². The number of nitro benzene ring substituents is 1. The number of nitrogens with one attached hydrogen (secondary N) is 1. The minimum Gasteiger partial charge on any atom is -0.378 e. The number of sulfonamides is 1. The van der Waals surface area contributed by atoms with Crippen molar-refractivity contribution >= 4 is 21.4 Å². The molecule has 2 fully saturated rings. The summed E-state index contributed by atoms with van der Waals surface area (Å²) in [7, 11) is -1.60. The van der Waals surface area contributed by atoms with E-state index in [0.29, 0.717) is 25.3 Å². The van der Waals surface area contributed by atoms with Crippen molar-refractivity contribution in [1.29, 1.82) is 0 Å². The van der Waals surface area contributed by atoms with E-state index in [9.17, 15) is 18.5 Å². The molecule has 2 aliphatic rings. The highest BCUT2D eigenvalue weighted by molar-refractivity contribution is 7.89. The highest BCUT2D eigenvalue weighted by Crippen LogP contribution is 2.30. The SMILES string of the molecule is CC(CNc1ccc(S(=O)(=O)N2CCCCC2)cc1[N+](=O)[O-])N1CCN(C)CC1. The number of anilines is 1. The lowest BCUT2D eigenvalue weighted by atomic mass is 10.2. The van der Waals surface area contributed by atoms with Gasteiger partial charge in [0.2, 0.25) is 10.0 Å².